The second-order valence-corrected chi connectivity index (χ2v) is 8.21. The van der Waals surface area contributed by atoms with Crippen molar-refractivity contribution in [2.45, 2.75) is 18.6 Å². The van der Waals surface area contributed by atoms with Crippen LogP contribution in [0, 0.1) is 0 Å². The molecule has 25 heavy (non-hydrogen) atoms. The number of thioether (sulfide) groups is 1. The predicted molar refractivity (Wildman–Crippen MR) is 107 cm³/mol. The summed E-state index contributed by atoms with van der Waals surface area (Å²) in [4.78, 5) is 21.2. The summed E-state index contributed by atoms with van der Waals surface area (Å²) in [5.41, 5.74) is 2.74. The molecule has 2 aromatic heterocycles. The Bertz CT molecular complexity index is 814. The lowest BCUT2D eigenvalue weighted by Crippen LogP contribution is -2.26. The van der Waals surface area contributed by atoms with Crippen LogP contribution in [-0.4, -0.2) is 28.7 Å². The van der Waals surface area contributed by atoms with Crippen LogP contribution in [0.15, 0.2) is 41.1 Å². The van der Waals surface area contributed by atoms with Crippen LogP contribution in [0.2, 0.25) is 0 Å². The van der Waals surface area contributed by atoms with Crippen LogP contribution in [0.4, 0.5) is 0 Å². The van der Waals surface area contributed by atoms with Crippen molar-refractivity contribution in [1.29, 1.82) is 0 Å². The normalized spacial score (nSPS) is 10.8. The Morgan fingerprint density at radius 1 is 1.12 bits per heavy atom. The van der Waals surface area contributed by atoms with Crippen molar-refractivity contribution in [3.8, 4) is 0 Å². The van der Waals surface area contributed by atoms with E-state index in [0.717, 1.165) is 34.3 Å². The molecule has 1 amide bonds. The van der Waals surface area contributed by atoms with Gasteiger partial charge in [-0.25, -0.2) is 9.97 Å². The van der Waals surface area contributed by atoms with Gasteiger partial charge in [-0.05, 0) is 11.8 Å². The molecule has 0 saturated heterocycles. The molecule has 3 aromatic rings. The maximum atomic E-state index is 12.2. The third-order valence-electron chi connectivity index (χ3n) is 3.52. The number of hydrogen-bond donors (Lipinski definition) is 1. The van der Waals surface area contributed by atoms with Gasteiger partial charge >= 0.3 is 0 Å². The van der Waals surface area contributed by atoms with Gasteiger partial charge in [0.2, 0.25) is 0 Å². The molecule has 0 unspecified atom stereocenters. The van der Waals surface area contributed by atoms with Crippen LogP contribution < -0.4 is 5.32 Å². The minimum atomic E-state index is -0.116. The molecule has 2 heterocycles. The van der Waals surface area contributed by atoms with Crippen LogP contribution >= 0.6 is 34.4 Å². The summed E-state index contributed by atoms with van der Waals surface area (Å²) >= 11 is 4.97. The van der Waals surface area contributed by atoms with E-state index in [1.807, 2.05) is 23.6 Å². The zero-order valence-corrected chi connectivity index (χ0v) is 16.3. The number of hydrogen-bond acceptors (Lipinski definition) is 6. The molecule has 0 spiro atoms. The smallest absolute Gasteiger partial charge is 0.270 e. The molecule has 0 fully saturated rings. The number of amides is 1. The largest absolute Gasteiger partial charge is 0.350 e. The van der Waals surface area contributed by atoms with Crippen molar-refractivity contribution in [3.63, 3.8) is 0 Å². The van der Waals surface area contributed by atoms with E-state index in [1.165, 1.54) is 16.9 Å². The number of benzene rings is 1. The van der Waals surface area contributed by atoms with Gasteiger partial charge in [0.1, 0.15) is 10.7 Å². The molecule has 0 aliphatic heterocycles. The monoisotopic (exact) mass is 389 g/mol. The highest BCUT2D eigenvalue weighted by atomic mass is 32.2. The van der Waals surface area contributed by atoms with E-state index >= 15 is 0 Å². The molecule has 0 aliphatic rings. The standard InChI is InChI=1S/C18H19N3OS3/c1-23-12-17-20-14(10-24-17)7-8-19-18(22)15-11-25-16(21-15)9-13-5-3-2-4-6-13/h2-6,10-11H,7-9,12H2,1H3,(H,19,22). The van der Waals surface area contributed by atoms with Crippen molar-refractivity contribution < 1.29 is 4.79 Å². The lowest BCUT2D eigenvalue weighted by Gasteiger charge is -2.01. The van der Waals surface area contributed by atoms with Gasteiger partial charge in [-0.3, -0.25) is 4.79 Å². The summed E-state index contributed by atoms with van der Waals surface area (Å²) in [5, 5.41) is 8.92. The predicted octanol–water partition coefficient (Wildman–Crippen LogP) is 4.03. The third-order valence-corrected chi connectivity index (χ3v) is 6.01. The third kappa shape index (κ3) is 5.39. The number of thiazole rings is 2. The summed E-state index contributed by atoms with van der Waals surface area (Å²) in [6, 6.07) is 10.2. The molecule has 7 heteroatoms. The summed E-state index contributed by atoms with van der Waals surface area (Å²) in [6.45, 7) is 0.576. The van der Waals surface area contributed by atoms with Gasteiger partial charge in [-0.2, -0.15) is 11.8 Å². The fraction of sp³-hybridized carbons (Fsp3) is 0.278. The summed E-state index contributed by atoms with van der Waals surface area (Å²) in [5.74, 6) is 0.829. The second-order valence-electron chi connectivity index (χ2n) is 5.46. The van der Waals surface area contributed by atoms with Gasteiger partial charge < -0.3 is 5.32 Å². The van der Waals surface area contributed by atoms with Crippen LogP contribution in [-0.2, 0) is 18.6 Å². The van der Waals surface area contributed by atoms with Crippen LogP contribution in [0.3, 0.4) is 0 Å². The van der Waals surface area contributed by atoms with E-state index in [1.54, 1.807) is 23.1 Å². The molecular weight excluding hydrogens is 370 g/mol. The minimum Gasteiger partial charge on any atom is -0.350 e. The Kier molecular flexibility index (Phi) is 6.61. The number of nitrogens with one attached hydrogen (secondary N) is 1. The summed E-state index contributed by atoms with van der Waals surface area (Å²) < 4.78 is 0. The Labute approximate surface area is 159 Å². The van der Waals surface area contributed by atoms with Crippen molar-refractivity contribution >= 4 is 40.3 Å². The average molecular weight is 390 g/mol. The molecular formula is C18H19N3OS3. The van der Waals surface area contributed by atoms with E-state index in [0.29, 0.717) is 12.2 Å². The molecule has 3 rings (SSSR count). The molecule has 0 radical (unpaired) electrons. The maximum Gasteiger partial charge on any atom is 0.270 e. The van der Waals surface area contributed by atoms with Gasteiger partial charge in [0.25, 0.3) is 5.91 Å². The summed E-state index contributed by atoms with van der Waals surface area (Å²) in [6.07, 6.45) is 3.58. The van der Waals surface area contributed by atoms with E-state index in [2.05, 4.69) is 39.1 Å². The first-order valence-corrected chi connectivity index (χ1v) is 11.1. The number of nitrogens with zero attached hydrogens (tertiary/aromatic N) is 2. The molecule has 4 nitrogen and oxygen atoms in total. The Hall–Kier alpha value is -1.70. The van der Waals surface area contributed by atoms with Gasteiger partial charge in [-0.15, -0.1) is 22.7 Å². The zero-order chi connectivity index (χ0) is 17.5. The highest BCUT2D eigenvalue weighted by molar-refractivity contribution is 7.97. The van der Waals surface area contributed by atoms with E-state index < -0.39 is 0 Å². The van der Waals surface area contributed by atoms with Crippen molar-refractivity contribution in [2.75, 3.05) is 12.8 Å². The first-order valence-electron chi connectivity index (χ1n) is 7.93. The Morgan fingerprint density at radius 2 is 1.92 bits per heavy atom. The van der Waals surface area contributed by atoms with Gasteiger partial charge in [0.05, 0.1) is 10.7 Å². The number of carbonyl (C=O) groups is 1. The molecule has 0 saturated carbocycles. The van der Waals surface area contributed by atoms with Crippen LogP contribution in [0.25, 0.3) is 0 Å². The molecule has 130 valence electrons. The first kappa shape index (κ1) is 18.1. The Morgan fingerprint density at radius 3 is 2.72 bits per heavy atom. The van der Waals surface area contributed by atoms with Crippen molar-refractivity contribution in [2.24, 2.45) is 0 Å². The molecule has 0 bridgehead atoms. The van der Waals surface area contributed by atoms with Crippen molar-refractivity contribution in [3.05, 3.63) is 68.1 Å². The topological polar surface area (TPSA) is 54.9 Å². The zero-order valence-electron chi connectivity index (χ0n) is 13.9. The fourth-order valence-corrected chi connectivity index (χ4v) is 4.67. The van der Waals surface area contributed by atoms with E-state index in [9.17, 15) is 4.79 Å². The SMILES string of the molecule is CSCc1nc(CCNC(=O)c2csc(Cc3ccccc3)n2)cs1. The lowest BCUT2D eigenvalue weighted by molar-refractivity contribution is 0.0949. The lowest BCUT2D eigenvalue weighted by atomic mass is 10.2. The van der Waals surface area contributed by atoms with Gasteiger partial charge in [0, 0.05) is 35.9 Å². The van der Waals surface area contributed by atoms with Crippen molar-refractivity contribution in [1.82, 2.24) is 15.3 Å². The highest BCUT2D eigenvalue weighted by Gasteiger charge is 2.11. The quantitative estimate of drug-likeness (QED) is 0.632. The number of rotatable bonds is 8. The molecule has 1 N–H and O–H groups in total. The van der Waals surface area contributed by atoms with Crippen LogP contribution in [0.1, 0.15) is 31.8 Å². The molecule has 1 aromatic carbocycles. The average Bonchev–Trinajstić information content (AvgIpc) is 3.26. The highest BCUT2D eigenvalue weighted by Crippen LogP contribution is 2.16. The number of aromatic nitrogens is 2. The van der Waals surface area contributed by atoms with Gasteiger partial charge in [0.15, 0.2) is 0 Å². The number of carbonyl (C=O) groups excluding carboxylic acids is 1. The second kappa shape index (κ2) is 9.12. The minimum absolute atomic E-state index is 0.116. The van der Waals surface area contributed by atoms with Crippen LogP contribution in [0.5, 0.6) is 0 Å². The maximum absolute atomic E-state index is 12.2. The molecule has 0 aliphatic carbocycles. The van der Waals surface area contributed by atoms with E-state index in [-0.39, 0.29) is 5.91 Å². The Balaban J connectivity index is 1.48. The summed E-state index contributed by atoms with van der Waals surface area (Å²) in [7, 11) is 0. The fourth-order valence-electron chi connectivity index (χ4n) is 2.32. The van der Waals surface area contributed by atoms with E-state index in [4.69, 9.17) is 0 Å². The van der Waals surface area contributed by atoms with Gasteiger partial charge in [-0.1, -0.05) is 30.3 Å². The molecule has 0 atom stereocenters. The first-order chi connectivity index (χ1) is 12.2.